The molecule has 1 N–H and O–H groups in total. The van der Waals surface area contributed by atoms with Crippen molar-refractivity contribution < 1.29 is 24.2 Å². The van der Waals surface area contributed by atoms with Gasteiger partial charge in [0.15, 0.2) is 6.29 Å². The van der Waals surface area contributed by atoms with Gasteiger partial charge in [0.1, 0.15) is 11.9 Å². The van der Waals surface area contributed by atoms with E-state index in [1.54, 1.807) is 0 Å². The third-order valence-corrected chi connectivity index (χ3v) is 10.8. The number of allylic oxidation sites excluding steroid dienone is 1. The number of ketones is 1. The van der Waals surface area contributed by atoms with Crippen LogP contribution in [0.1, 0.15) is 80.1 Å². The molecule has 5 heteroatoms. The van der Waals surface area contributed by atoms with Crippen molar-refractivity contribution in [3.05, 3.63) is 11.6 Å². The summed E-state index contributed by atoms with van der Waals surface area (Å²) in [5.41, 5.74) is 0.384. The molecule has 178 valence electrons. The van der Waals surface area contributed by atoms with E-state index in [0.717, 1.165) is 37.7 Å². The van der Waals surface area contributed by atoms with Gasteiger partial charge in [-0.05, 0) is 59.3 Å². The number of carbonyl (C=O) groups excluding carboxylic acids is 2. The minimum atomic E-state index is -0.886. The van der Waals surface area contributed by atoms with E-state index in [4.69, 9.17) is 9.47 Å². The van der Waals surface area contributed by atoms with E-state index in [9.17, 15) is 14.7 Å². The molecule has 5 rings (SSSR count). The smallest absolute Gasteiger partial charge is 0.302 e. The van der Waals surface area contributed by atoms with Crippen molar-refractivity contribution in [2.75, 3.05) is 6.61 Å². The predicted octanol–water partition coefficient (Wildman–Crippen LogP) is 4.67. The molecule has 3 saturated carbocycles. The van der Waals surface area contributed by atoms with E-state index in [2.05, 4.69) is 40.7 Å². The average molecular weight is 445 g/mol. The Morgan fingerprint density at radius 2 is 1.84 bits per heavy atom. The van der Waals surface area contributed by atoms with Gasteiger partial charge in [-0.15, -0.1) is 0 Å². The van der Waals surface area contributed by atoms with Crippen LogP contribution < -0.4 is 0 Å². The van der Waals surface area contributed by atoms with Crippen molar-refractivity contribution in [3.8, 4) is 0 Å². The molecule has 0 radical (unpaired) electrons. The fraction of sp³-hybridized carbons (Fsp3) is 0.852. The van der Waals surface area contributed by atoms with Crippen molar-refractivity contribution in [2.45, 2.75) is 92.5 Å². The number of rotatable bonds is 1. The molecule has 9 atom stereocenters. The van der Waals surface area contributed by atoms with E-state index in [-0.39, 0.29) is 46.1 Å². The van der Waals surface area contributed by atoms with Gasteiger partial charge >= 0.3 is 5.97 Å². The van der Waals surface area contributed by atoms with Gasteiger partial charge in [0.05, 0.1) is 6.61 Å². The first kappa shape index (κ1) is 22.6. The van der Waals surface area contributed by atoms with E-state index in [0.29, 0.717) is 24.7 Å². The molecular formula is C27H40O5. The average Bonchev–Trinajstić information content (AvgIpc) is 3.04. The molecule has 0 spiro atoms. The quantitative estimate of drug-likeness (QED) is 0.470. The lowest BCUT2D eigenvalue weighted by Gasteiger charge is -2.70. The Bertz CT molecular complexity index is 875. The molecule has 32 heavy (non-hydrogen) atoms. The molecule has 1 aliphatic heterocycles. The van der Waals surface area contributed by atoms with Gasteiger partial charge in [-0.3, -0.25) is 9.59 Å². The first-order chi connectivity index (χ1) is 14.9. The number of aliphatic hydroxyl groups excluding tert-OH is 1. The summed E-state index contributed by atoms with van der Waals surface area (Å²) in [6, 6.07) is 0. The Labute approximate surface area is 192 Å². The number of fused-ring (bicyclic) bond motifs is 7. The normalized spacial score (nSPS) is 51.6. The molecule has 1 saturated heterocycles. The van der Waals surface area contributed by atoms with Crippen LogP contribution in [0.3, 0.4) is 0 Å². The third kappa shape index (κ3) is 2.76. The van der Waals surface area contributed by atoms with Crippen molar-refractivity contribution in [3.63, 3.8) is 0 Å². The van der Waals surface area contributed by atoms with Gasteiger partial charge in [-0.25, -0.2) is 0 Å². The fourth-order valence-electron chi connectivity index (χ4n) is 9.97. The van der Waals surface area contributed by atoms with Crippen molar-refractivity contribution in [1.29, 1.82) is 0 Å². The Kier molecular flexibility index (Phi) is 4.88. The number of ether oxygens (including phenoxy) is 2. The Morgan fingerprint density at radius 1 is 1.12 bits per heavy atom. The van der Waals surface area contributed by atoms with Crippen LogP contribution >= 0.6 is 0 Å². The van der Waals surface area contributed by atoms with Gasteiger partial charge in [0, 0.05) is 30.6 Å². The van der Waals surface area contributed by atoms with E-state index < -0.39 is 11.7 Å². The largest absolute Gasteiger partial charge is 0.462 e. The molecule has 5 aliphatic rings. The second kappa shape index (κ2) is 6.91. The highest BCUT2D eigenvalue weighted by molar-refractivity contribution is 5.85. The molecular weight excluding hydrogens is 404 g/mol. The summed E-state index contributed by atoms with van der Waals surface area (Å²) in [6.07, 6.45) is 6.55. The molecule has 0 aromatic carbocycles. The zero-order valence-corrected chi connectivity index (χ0v) is 20.6. The zero-order valence-electron chi connectivity index (χ0n) is 20.6. The summed E-state index contributed by atoms with van der Waals surface area (Å²) in [6.45, 7) is 13.3. The molecule has 0 aromatic heterocycles. The van der Waals surface area contributed by atoms with Crippen molar-refractivity contribution in [1.82, 2.24) is 0 Å². The maximum Gasteiger partial charge on any atom is 0.302 e. The standard InChI is InChI=1S/C27H40O5/c1-15(28)32-20-12-19-25(4)11-7-10-24(2,3)22(25)17(29)13-26(19,5)18-9-8-16-14-31-23(30)21(16)27(18,20)6/h8,18-23,30H,7,9-14H2,1-6H3. The first-order valence-corrected chi connectivity index (χ1v) is 12.5. The van der Waals surface area contributed by atoms with Crippen LogP contribution in [0.15, 0.2) is 11.6 Å². The van der Waals surface area contributed by atoms with Crippen molar-refractivity contribution >= 4 is 11.8 Å². The third-order valence-electron chi connectivity index (χ3n) is 10.8. The molecule has 0 aromatic rings. The lowest BCUT2D eigenvalue weighted by Crippen LogP contribution is -2.69. The number of Topliss-reactive ketones (excluding diaryl/α,β-unsaturated/α-hetero) is 1. The van der Waals surface area contributed by atoms with Gasteiger partial charge in [0.2, 0.25) is 0 Å². The summed E-state index contributed by atoms with van der Waals surface area (Å²) in [5, 5.41) is 10.8. The van der Waals surface area contributed by atoms with Crippen LogP contribution in [0.2, 0.25) is 0 Å². The summed E-state index contributed by atoms with van der Waals surface area (Å²) in [4.78, 5) is 26.1. The minimum Gasteiger partial charge on any atom is -0.462 e. The van der Waals surface area contributed by atoms with Gasteiger partial charge in [-0.1, -0.05) is 47.1 Å². The highest BCUT2D eigenvalue weighted by Gasteiger charge is 2.71. The molecule has 9 unspecified atom stereocenters. The van der Waals surface area contributed by atoms with Crippen LogP contribution in [0, 0.1) is 45.3 Å². The van der Waals surface area contributed by atoms with Crippen LogP contribution in [-0.4, -0.2) is 35.9 Å². The monoisotopic (exact) mass is 444 g/mol. The van der Waals surface area contributed by atoms with Crippen LogP contribution in [-0.2, 0) is 19.1 Å². The minimum absolute atomic E-state index is 0.00177. The molecule has 5 nitrogen and oxygen atoms in total. The second-order valence-electron chi connectivity index (χ2n) is 12.9. The number of aliphatic hydroxyl groups is 1. The van der Waals surface area contributed by atoms with Crippen LogP contribution in [0.4, 0.5) is 0 Å². The SMILES string of the molecule is CC(=O)OC1CC2C3(C)CCCC(C)(C)C3C(=O)CC2(C)C2CC=C3COC(O)C3C12C. The maximum atomic E-state index is 13.9. The van der Waals surface area contributed by atoms with E-state index in [1.807, 2.05) is 0 Å². The Morgan fingerprint density at radius 3 is 2.53 bits per heavy atom. The van der Waals surface area contributed by atoms with Crippen molar-refractivity contribution in [2.24, 2.45) is 45.3 Å². The van der Waals surface area contributed by atoms with E-state index in [1.165, 1.54) is 6.92 Å². The highest BCUT2D eigenvalue weighted by Crippen LogP contribution is 2.73. The highest BCUT2D eigenvalue weighted by atomic mass is 16.6. The summed E-state index contributed by atoms with van der Waals surface area (Å²) in [5.74, 6) is 0.470. The van der Waals surface area contributed by atoms with Crippen LogP contribution in [0.25, 0.3) is 0 Å². The van der Waals surface area contributed by atoms with Gasteiger partial charge < -0.3 is 14.6 Å². The topological polar surface area (TPSA) is 72.8 Å². The summed E-state index contributed by atoms with van der Waals surface area (Å²) >= 11 is 0. The molecule has 4 fully saturated rings. The predicted molar refractivity (Wildman–Crippen MR) is 120 cm³/mol. The lowest BCUT2D eigenvalue weighted by atomic mass is 9.34. The molecule has 0 amide bonds. The Hall–Kier alpha value is -1.20. The fourth-order valence-corrected chi connectivity index (χ4v) is 9.97. The first-order valence-electron chi connectivity index (χ1n) is 12.5. The Balaban J connectivity index is 1.66. The number of carbonyl (C=O) groups is 2. The van der Waals surface area contributed by atoms with Crippen LogP contribution in [0.5, 0.6) is 0 Å². The maximum absolute atomic E-state index is 13.9. The number of esters is 1. The molecule has 4 aliphatic carbocycles. The summed E-state index contributed by atoms with van der Waals surface area (Å²) in [7, 11) is 0. The van der Waals surface area contributed by atoms with E-state index >= 15 is 0 Å². The van der Waals surface area contributed by atoms with Gasteiger partial charge in [0.25, 0.3) is 0 Å². The second-order valence-corrected chi connectivity index (χ2v) is 12.9. The summed E-state index contributed by atoms with van der Waals surface area (Å²) < 4.78 is 11.8. The molecule has 0 bridgehead atoms. The zero-order chi connectivity index (χ0) is 23.3. The number of hydrogen-bond acceptors (Lipinski definition) is 5. The number of hydrogen-bond donors (Lipinski definition) is 1. The molecule has 1 heterocycles. The van der Waals surface area contributed by atoms with Gasteiger partial charge in [-0.2, -0.15) is 0 Å². The lowest BCUT2D eigenvalue weighted by molar-refractivity contribution is -0.246.